The molecule has 7 aliphatic heterocycles. The highest BCUT2D eigenvalue weighted by molar-refractivity contribution is 5.80. The summed E-state index contributed by atoms with van der Waals surface area (Å²) in [4.78, 5) is 15.6. The maximum atomic E-state index is 15.6. The Balaban J connectivity index is 0.729. The van der Waals surface area contributed by atoms with E-state index in [1.807, 2.05) is 0 Å². The van der Waals surface area contributed by atoms with Crippen LogP contribution in [0.25, 0.3) is 0 Å². The number of aliphatic hydroxyl groups is 21. The molecular weight excluding hydrogens is 1390 g/mol. The second-order valence-electron chi connectivity index (χ2n) is 33.1. The molecule has 21 N–H and O–H groups in total. The van der Waals surface area contributed by atoms with E-state index in [-0.39, 0.29) is 36.5 Å². The number of allylic oxidation sites excluding steroid dienone is 2. The average Bonchev–Trinajstić information content (AvgIpc) is 0.700. The summed E-state index contributed by atoms with van der Waals surface area (Å²) in [6, 6.07) is 0. The molecule has 7 heterocycles. The minimum Gasteiger partial charge on any atom is -0.432 e. The highest BCUT2D eigenvalue weighted by atomic mass is 16.8. The zero-order chi connectivity index (χ0) is 75.8. The van der Waals surface area contributed by atoms with Crippen molar-refractivity contribution >= 4 is 5.97 Å². The summed E-state index contributed by atoms with van der Waals surface area (Å²) in [5.41, 5.74) is -6.85. The number of rotatable bonds is 18. The van der Waals surface area contributed by atoms with Gasteiger partial charge in [0.15, 0.2) is 43.8 Å². The maximum absolute atomic E-state index is 15.6. The van der Waals surface area contributed by atoms with Crippen molar-refractivity contribution in [2.45, 2.75) is 302 Å². The van der Waals surface area contributed by atoms with E-state index in [1.165, 1.54) is 6.92 Å². The van der Waals surface area contributed by atoms with E-state index >= 15 is 4.79 Å². The summed E-state index contributed by atoms with van der Waals surface area (Å²) in [7, 11) is 0. The van der Waals surface area contributed by atoms with Gasteiger partial charge in [0.25, 0.3) is 0 Å². The summed E-state index contributed by atoms with van der Waals surface area (Å²) < 4.78 is 82.4. The average molecular weight is 1500 g/mol. The Labute approximate surface area is 599 Å². The number of carbonyl (C=O) groups excluding carboxylic acids is 1. The Morgan fingerprint density at radius 2 is 1.03 bits per heavy atom. The fourth-order valence-corrected chi connectivity index (χ4v) is 20.1. The minimum absolute atomic E-state index is 0.0591. The molecule has 104 heavy (non-hydrogen) atoms. The number of hydrogen-bond acceptors (Lipinski definition) is 36. The van der Waals surface area contributed by atoms with Crippen molar-refractivity contribution in [3.63, 3.8) is 0 Å². The van der Waals surface area contributed by atoms with E-state index in [0.29, 0.717) is 32.1 Å². The Hall–Kier alpha value is -2.15. The SMILES string of the molecule is C[C@@H]1O[C@@H](O[C@H]2[C@H](OC(=O)[C@]34CCC(C)(C)C[C@H]3C3=CC[C@@H]5[C@@]6(C)C[C@H](O)C(O[C@@H]7O[C@H](CO)[C@@H](O)[C@H](O[C@@H]8OC[C@@H](O)[C@H](O)[C@H]8O)[C@H]7O)[C@@](C)(CO)[C@@H]6CC[C@@]5(C)[C@]3(C)C[C@H]4O)OC[C@H](O)[C@@H]2O)[C@H](O)[C@H](O)[C@H]1O[C@@H]1OC[C@@H](O)[C@H](O[C@@H]2OC[C@](O)(CO)[C@H]2O[C@@H]2O[C@H](CO)[C@H](O)[C@H](O)[C@H]2O)[C@H]1O. The first-order valence-corrected chi connectivity index (χ1v) is 36.2. The van der Waals surface area contributed by atoms with Gasteiger partial charge in [0.2, 0.25) is 6.29 Å². The van der Waals surface area contributed by atoms with Gasteiger partial charge in [-0.15, -0.1) is 0 Å². The quantitative estimate of drug-likeness (QED) is 0.0344. The molecule has 11 fully saturated rings. The van der Waals surface area contributed by atoms with Gasteiger partial charge in [-0.3, -0.25) is 4.79 Å². The Morgan fingerprint density at radius 3 is 1.68 bits per heavy atom. The minimum atomic E-state index is -2.29. The first-order valence-electron chi connectivity index (χ1n) is 36.2. The van der Waals surface area contributed by atoms with Crippen molar-refractivity contribution < 1.29 is 178 Å². The van der Waals surface area contributed by atoms with Crippen LogP contribution in [0.2, 0.25) is 0 Å². The lowest BCUT2D eigenvalue weighted by Crippen LogP contribution is -2.71. The van der Waals surface area contributed by atoms with Gasteiger partial charge in [-0.25, -0.2) is 0 Å². The lowest BCUT2D eigenvalue weighted by molar-refractivity contribution is -0.374. The molecule has 0 aromatic heterocycles. The van der Waals surface area contributed by atoms with E-state index in [2.05, 4.69) is 40.7 Å². The fraction of sp³-hybridized carbons (Fsp3) is 0.956. The molecule has 36 heteroatoms. The zero-order valence-electron chi connectivity index (χ0n) is 59.1. The molecule has 0 radical (unpaired) electrons. The maximum Gasteiger partial charge on any atom is 0.317 e. The molecule has 12 aliphatic rings. The third-order valence-corrected chi connectivity index (χ3v) is 26.4. The number of esters is 1. The topological polar surface area (TPSA) is 571 Å². The molecule has 1 unspecified atom stereocenters. The number of fused-ring (bicyclic) bond motifs is 7. The second-order valence-corrected chi connectivity index (χ2v) is 33.1. The van der Waals surface area contributed by atoms with Gasteiger partial charge in [0.05, 0.1) is 77.3 Å². The molecule has 41 atom stereocenters. The van der Waals surface area contributed by atoms with E-state index in [4.69, 9.17) is 66.3 Å². The van der Waals surface area contributed by atoms with E-state index in [1.54, 1.807) is 6.92 Å². The number of aliphatic hydroxyl groups excluding tert-OH is 20. The van der Waals surface area contributed by atoms with Crippen molar-refractivity contribution in [1.29, 1.82) is 0 Å². The number of hydrogen-bond donors (Lipinski definition) is 21. The van der Waals surface area contributed by atoms with E-state index in [0.717, 1.165) is 5.57 Å². The normalized spacial score (nSPS) is 55.5. The second kappa shape index (κ2) is 30.4. The zero-order valence-corrected chi connectivity index (χ0v) is 59.1. The Morgan fingerprint density at radius 1 is 0.481 bits per heavy atom. The van der Waals surface area contributed by atoms with Gasteiger partial charge in [-0.1, -0.05) is 53.2 Å². The van der Waals surface area contributed by atoms with Gasteiger partial charge in [-0.05, 0) is 97.7 Å². The molecule has 7 saturated heterocycles. The summed E-state index contributed by atoms with van der Waals surface area (Å²) in [5.74, 6) is -2.15. The van der Waals surface area contributed by atoms with Crippen LogP contribution in [0.1, 0.15) is 99.8 Å². The molecule has 12 rings (SSSR count). The summed E-state index contributed by atoms with van der Waals surface area (Å²) in [6.07, 6.45) is -49.8. The Bertz CT molecular complexity index is 2980. The third kappa shape index (κ3) is 13.7. The highest BCUT2D eigenvalue weighted by Gasteiger charge is 2.74. The molecule has 4 saturated carbocycles. The monoisotopic (exact) mass is 1500 g/mol. The van der Waals surface area contributed by atoms with Gasteiger partial charge < -0.3 is 174 Å². The van der Waals surface area contributed by atoms with Crippen LogP contribution in [0.3, 0.4) is 0 Å². The molecule has 0 amide bonds. The van der Waals surface area contributed by atoms with Crippen molar-refractivity contribution in [3.05, 3.63) is 11.6 Å². The standard InChI is InChI=1S/C68H110O36/c1-25-48(98-55-46(87)49(31(76)21-92-55)99-60-53(67(90,23-72)24-94-60)103-57-44(85)41(82)39(80)32(17-69)96-57)42(83)45(86)56(95-25)101-51-38(79)30(75)20-93-59(51)104-61(89)68-13-12-62(2,3)14-27(68)26-8-9-35-63(4)15-28(73)52(64(5,22-71)34(63)10-11-65(35,6)66(26,7)16-36(68)77)102-58-47(88)50(40(81)33(18-70)97-58)100-54-43(84)37(78)29(74)19-91-54/h8,25,27-60,69-88,90H,9-24H2,1-7H3/t25-,27-,28-,29+,30-,31+,32+,33+,34+,35+,36+,37-,38-,39-,40+,41-,42-,43+,44+,45+,46+,47+,48-,49-,50-,51+,52?,53-,54-,55-,56-,57-,58-,59-,60-,63-,64-,65+,66+,67+,68+/m0/s1. The smallest absolute Gasteiger partial charge is 0.317 e. The highest BCUT2D eigenvalue weighted by Crippen LogP contribution is 2.76. The van der Waals surface area contributed by atoms with Gasteiger partial charge >= 0.3 is 5.97 Å². The van der Waals surface area contributed by atoms with Crippen LogP contribution in [0, 0.1) is 50.2 Å². The summed E-state index contributed by atoms with van der Waals surface area (Å²) >= 11 is 0. The Kier molecular flexibility index (Phi) is 23.8. The van der Waals surface area contributed by atoms with Gasteiger partial charge in [0, 0.05) is 5.41 Å². The third-order valence-electron chi connectivity index (χ3n) is 26.4. The molecule has 0 spiro atoms. The van der Waals surface area contributed by atoms with Gasteiger partial charge in [0.1, 0.15) is 133 Å². The molecule has 5 aliphatic carbocycles. The van der Waals surface area contributed by atoms with E-state index < -0.39 is 294 Å². The fourth-order valence-electron chi connectivity index (χ4n) is 20.1. The summed E-state index contributed by atoms with van der Waals surface area (Å²) in [6.45, 7) is 8.20. The molecule has 0 aromatic carbocycles. The summed E-state index contributed by atoms with van der Waals surface area (Å²) in [5, 5.41) is 233. The van der Waals surface area contributed by atoms with Crippen molar-refractivity contribution in [2.75, 3.05) is 52.9 Å². The van der Waals surface area contributed by atoms with E-state index in [9.17, 15) is 107 Å². The predicted molar refractivity (Wildman–Crippen MR) is 339 cm³/mol. The van der Waals surface area contributed by atoms with Crippen molar-refractivity contribution in [1.82, 2.24) is 0 Å². The first-order chi connectivity index (χ1) is 48.8. The largest absolute Gasteiger partial charge is 0.432 e. The number of carbonyl (C=O) groups is 1. The lowest BCUT2D eigenvalue weighted by Gasteiger charge is -2.72. The molecular formula is C68H110O36. The lowest BCUT2D eigenvalue weighted by atomic mass is 9.33. The van der Waals surface area contributed by atoms with Crippen LogP contribution < -0.4 is 0 Å². The number of ether oxygens (including phenoxy) is 14. The van der Waals surface area contributed by atoms with Crippen LogP contribution in [0.15, 0.2) is 11.6 Å². The molecule has 0 aromatic rings. The first kappa shape index (κ1) is 81.3. The van der Waals surface area contributed by atoms with Crippen LogP contribution >= 0.6 is 0 Å². The van der Waals surface area contributed by atoms with Crippen LogP contribution in [0.4, 0.5) is 0 Å². The van der Waals surface area contributed by atoms with Crippen molar-refractivity contribution in [3.8, 4) is 0 Å². The van der Waals surface area contributed by atoms with Gasteiger partial charge in [-0.2, -0.15) is 0 Å². The molecule has 598 valence electrons. The predicted octanol–water partition coefficient (Wildman–Crippen LogP) is -8.06. The van der Waals surface area contributed by atoms with Crippen molar-refractivity contribution in [2.24, 2.45) is 50.2 Å². The van der Waals surface area contributed by atoms with Crippen LogP contribution in [0.5, 0.6) is 0 Å². The van der Waals surface area contributed by atoms with Crippen LogP contribution in [-0.4, -0.2) is 368 Å². The van der Waals surface area contributed by atoms with Crippen LogP contribution in [-0.2, 0) is 71.1 Å². The molecule has 0 bridgehead atoms. The molecule has 36 nitrogen and oxygen atoms in total.